The zero-order valence-corrected chi connectivity index (χ0v) is 14.6. The molecule has 0 aromatic heterocycles. The van der Waals surface area contributed by atoms with Crippen LogP contribution in [0.5, 0.6) is 5.75 Å². The Morgan fingerprint density at radius 2 is 1.78 bits per heavy atom. The third-order valence-electron chi connectivity index (χ3n) is 4.44. The number of carbonyl (C=O) groups excluding carboxylic acids is 1. The molecular formula is C17H22Cl2N2O2. The summed E-state index contributed by atoms with van der Waals surface area (Å²) in [6.07, 6.45) is 4.77. The maximum absolute atomic E-state index is 12.2. The van der Waals surface area contributed by atoms with Gasteiger partial charge in [0, 0.05) is 29.2 Å². The first kappa shape index (κ1) is 16.9. The number of hydrogen-bond donors (Lipinski definition) is 1. The number of nitrogens with zero attached hydrogens (tertiary/aromatic N) is 1. The number of likely N-dealkylation sites (tertiary alicyclic amines) is 1. The highest BCUT2D eigenvalue weighted by atomic mass is 35.5. The molecule has 1 aliphatic carbocycles. The predicted molar refractivity (Wildman–Crippen MR) is 92.3 cm³/mol. The maximum atomic E-state index is 12.2. The summed E-state index contributed by atoms with van der Waals surface area (Å²) in [5, 5.41) is 4.62. The molecule has 2 fully saturated rings. The summed E-state index contributed by atoms with van der Waals surface area (Å²) in [6, 6.07) is 5.51. The number of halogens is 2. The summed E-state index contributed by atoms with van der Waals surface area (Å²) in [7, 11) is 0. The predicted octanol–water partition coefficient (Wildman–Crippen LogP) is 3.36. The van der Waals surface area contributed by atoms with E-state index in [0.29, 0.717) is 21.8 Å². The lowest BCUT2D eigenvalue weighted by Crippen LogP contribution is -2.46. The van der Waals surface area contributed by atoms with Crippen LogP contribution in [0.15, 0.2) is 18.2 Å². The van der Waals surface area contributed by atoms with Crippen molar-refractivity contribution in [2.45, 2.75) is 31.7 Å². The second-order valence-electron chi connectivity index (χ2n) is 6.40. The van der Waals surface area contributed by atoms with Crippen LogP contribution in [0.3, 0.4) is 0 Å². The molecule has 4 nitrogen and oxygen atoms in total. The van der Waals surface area contributed by atoms with Crippen molar-refractivity contribution in [1.82, 2.24) is 10.2 Å². The van der Waals surface area contributed by atoms with Gasteiger partial charge >= 0.3 is 0 Å². The molecule has 0 radical (unpaired) electrons. The highest BCUT2D eigenvalue weighted by Crippen LogP contribution is 2.28. The molecule has 1 aromatic rings. The van der Waals surface area contributed by atoms with Crippen molar-refractivity contribution in [3.05, 3.63) is 28.2 Å². The lowest BCUT2D eigenvalue weighted by Gasteiger charge is -2.32. The van der Waals surface area contributed by atoms with Gasteiger partial charge in [-0.3, -0.25) is 4.79 Å². The highest BCUT2D eigenvalue weighted by molar-refractivity contribution is 6.34. The van der Waals surface area contributed by atoms with E-state index in [4.69, 9.17) is 27.9 Å². The molecule has 1 N–H and O–H groups in total. The summed E-state index contributed by atoms with van der Waals surface area (Å²) in [5.74, 6) is 1.44. The van der Waals surface area contributed by atoms with Gasteiger partial charge < -0.3 is 15.0 Å². The van der Waals surface area contributed by atoms with Crippen molar-refractivity contribution >= 4 is 29.1 Å². The van der Waals surface area contributed by atoms with Crippen LogP contribution in [-0.4, -0.2) is 43.1 Å². The second-order valence-corrected chi connectivity index (χ2v) is 7.27. The van der Waals surface area contributed by atoms with Gasteiger partial charge in [0.2, 0.25) is 0 Å². The number of benzene rings is 1. The summed E-state index contributed by atoms with van der Waals surface area (Å²) in [6.45, 7) is 2.75. The molecule has 6 heteroatoms. The van der Waals surface area contributed by atoms with E-state index in [0.717, 1.165) is 38.4 Å². The van der Waals surface area contributed by atoms with Gasteiger partial charge in [0.25, 0.3) is 5.91 Å². The molecule has 126 valence electrons. The van der Waals surface area contributed by atoms with Crippen LogP contribution < -0.4 is 10.1 Å². The standard InChI is InChI=1S/C17H22Cl2N2O2/c18-13-7-14(19)9-16(8-13)23-11-17(22)21-5-3-15(4-6-21)20-10-12-1-2-12/h7-9,12,15,20H,1-6,10-11H2. The Morgan fingerprint density at radius 1 is 1.13 bits per heavy atom. The Balaban J connectivity index is 1.40. The minimum atomic E-state index is 0.0155. The molecule has 1 aliphatic heterocycles. The average Bonchev–Trinajstić information content (AvgIpc) is 3.34. The summed E-state index contributed by atoms with van der Waals surface area (Å²) >= 11 is 11.8. The number of amides is 1. The third kappa shape index (κ3) is 5.27. The molecule has 1 saturated heterocycles. The Hall–Kier alpha value is -0.970. The smallest absolute Gasteiger partial charge is 0.260 e. The molecule has 1 amide bonds. The molecule has 0 unspecified atom stereocenters. The normalized spacial score (nSPS) is 19.0. The number of piperidine rings is 1. The van der Waals surface area contributed by atoms with E-state index < -0.39 is 0 Å². The van der Waals surface area contributed by atoms with Gasteiger partial charge in [0.05, 0.1) is 0 Å². The van der Waals surface area contributed by atoms with E-state index in [2.05, 4.69) is 5.32 Å². The lowest BCUT2D eigenvalue weighted by molar-refractivity contribution is -0.134. The van der Waals surface area contributed by atoms with Crippen LogP contribution >= 0.6 is 23.2 Å². The Kier molecular flexibility index (Phi) is 5.67. The van der Waals surface area contributed by atoms with E-state index >= 15 is 0 Å². The topological polar surface area (TPSA) is 41.6 Å². The van der Waals surface area contributed by atoms with Gasteiger partial charge in [-0.1, -0.05) is 23.2 Å². The monoisotopic (exact) mass is 356 g/mol. The molecule has 1 aromatic carbocycles. The number of rotatable bonds is 6. The van der Waals surface area contributed by atoms with Gasteiger partial charge in [0.15, 0.2) is 6.61 Å². The maximum Gasteiger partial charge on any atom is 0.260 e. The zero-order valence-electron chi connectivity index (χ0n) is 13.1. The highest BCUT2D eigenvalue weighted by Gasteiger charge is 2.26. The number of ether oxygens (including phenoxy) is 1. The molecule has 2 aliphatic rings. The van der Waals surface area contributed by atoms with Gasteiger partial charge in [-0.05, 0) is 56.3 Å². The molecule has 0 bridgehead atoms. The summed E-state index contributed by atoms with van der Waals surface area (Å²) < 4.78 is 5.52. The van der Waals surface area contributed by atoms with Gasteiger partial charge in [-0.2, -0.15) is 0 Å². The largest absolute Gasteiger partial charge is 0.484 e. The van der Waals surface area contributed by atoms with Crippen LogP contribution in [0.4, 0.5) is 0 Å². The quantitative estimate of drug-likeness (QED) is 0.849. The summed E-state index contributed by atoms with van der Waals surface area (Å²) in [5.41, 5.74) is 0. The lowest BCUT2D eigenvalue weighted by atomic mass is 10.0. The van der Waals surface area contributed by atoms with Crippen LogP contribution in [0.2, 0.25) is 10.0 Å². The van der Waals surface area contributed by atoms with Crippen LogP contribution in [0.25, 0.3) is 0 Å². The average molecular weight is 357 g/mol. The zero-order chi connectivity index (χ0) is 16.2. The summed E-state index contributed by atoms with van der Waals surface area (Å²) in [4.78, 5) is 14.1. The third-order valence-corrected chi connectivity index (χ3v) is 4.87. The molecule has 1 heterocycles. The van der Waals surface area contributed by atoms with E-state index in [1.54, 1.807) is 18.2 Å². The molecular weight excluding hydrogens is 335 g/mol. The van der Waals surface area contributed by atoms with Crippen LogP contribution in [0.1, 0.15) is 25.7 Å². The van der Waals surface area contributed by atoms with E-state index in [1.807, 2.05) is 4.90 Å². The van der Waals surface area contributed by atoms with E-state index in [-0.39, 0.29) is 12.5 Å². The second kappa shape index (κ2) is 7.73. The SMILES string of the molecule is O=C(COc1cc(Cl)cc(Cl)c1)N1CCC(NCC2CC2)CC1. The van der Waals surface area contributed by atoms with Crippen molar-refractivity contribution in [3.63, 3.8) is 0 Å². The first-order valence-corrected chi connectivity index (χ1v) is 8.96. The molecule has 1 saturated carbocycles. The number of carbonyl (C=O) groups is 1. The van der Waals surface area contributed by atoms with Crippen molar-refractivity contribution < 1.29 is 9.53 Å². The minimum Gasteiger partial charge on any atom is -0.484 e. The fourth-order valence-electron chi connectivity index (χ4n) is 2.84. The first-order valence-electron chi connectivity index (χ1n) is 8.20. The van der Waals surface area contributed by atoms with Crippen molar-refractivity contribution in [2.24, 2.45) is 5.92 Å². The Morgan fingerprint density at radius 3 is 2.39 bits per heavy atom. The van der Waals surface area contributed by atoms with Crippen LogP contribution in [0, 0.1) is 5.92 Å². The fraction of sp³-hybridized carbons (Fsp3) is 0.588. The Bertz CT molecular complexity index is 535. The molecule has 3 rings (SSSR count). The van der Waals surface area contributed by atoms with Gasteiger partial charge in [-0.25, -0.2) is 0 Å². The Labute approximate surface area is 147 Å². The minimum absolute atomic E-state index is 0.0155. The van der Waals surface area contributed by atoms with Gasteiger partial charge in [0.1, 0.15) is 5.75 Å². The number of hydrogen-bond acceptors (Lipinski definition) is 3. The molecule has 0 spiro atoms. The van der Waals surface area contributed by atoms with Crippen molar-refractivity contribution in [2.75, 3.05) is 26.2 Å². The van der Waals surface area contributed by atoms with Crippen LogP contribution in [-0.2, 0) is 4.79 Å². The van der Waals surface area contributed by atoms with Crippen molar-refractivity contribution in [3.8, 4) is 5.75 Å². The van der Waals surface area contributed by atoms with E-state index in [9.17, 15) is 4.79 Å². The first-order chi connectivity index (χ1) is 11.1. The van der Waals surface area contributed by atoms with Gasteiger partial charge in [-0.15, -0.1) is 0 Å². The molecule has 0 atom stereocenters. The fourth-order valence-corrected chi connectivity index (χ4v) is 3.34. The molecule has 23 heavy (non-hydrogen) atoms. The van der Waals surface area contributed by atoms with Crippen molar-refractivity contribution in [1.29, 1.82) is 0 Å². The van der Waals surface area contributed by atoms with E-state index in [1.165, 1.54) is 12.8 Å². The number of nitrogens with one attached hydrogen (secondary N) is 1.